The van der Waals surface area contributed by atoms with E-state index in [2.05, 4.69) is 21.3 Å². The van der Waals surface area contributed by atoms with Gasteiger partial charge in [-0.3, -0.25) is 9.59 Å². The summed E-state index contributed by atoms with van der Waals surface area (Å²) < 4.78 is 10.9. The molecule has 0 atom stereocenters. The van der Waals surface area contributed by atoms with Crippen molar-refractivity contribution in [2.75, 3.05) is 39.3 Å². The predicted molar refractivity (Wildman–Crippen MR) is 118 cm³/mol. The maximum Gasteiger partial charge on any atom is 0.412 e. The average Bonchev–Trinajstić information content (AvgIpc) is 2.75. The second-order valence-electron chi connectivity index (χ2n) is 6.84. The number of rotatable bonds is 12. The first kappa shape index (κ1) is 25.4. The molecule has 0 unspecified atom stereocenters. The third kappa shape index (κ3) is 8.63. The summed E-state index contributed by atoms with van der Waals surface area (Å²) in [5.74, 6) is -1.42. The maximum absolute atomic E-state index is 12.2. The van der Waals surface area contributed by atoms with Gasteiger partial charge in [-0.1, -0.05) is 24.3 Å². The van der Waals surface area contributed by atoms with E-state index >= 15 is 0 Å². The Morgan fingerprint density at radius 1 is 0.788 bits per heavy atom. The molecule has 0 bridgehead atoms. The van der Waals surface area contributed by atoms with Gasteiger partial charge in [0.15, 0.2) is 0 Å². The Morgan fingerprint density at radius 3 is 1.85 bits per heavy atom. The van der Waals surface area contributed by atoms with Gasteiger partial charge in [0.25, 0.3) is 0 Å². The Hall–Kier alpha value is -3.90. The van der Waals surface area contributed by atoms with Crippen LogP contribution in [-0.2, 0) is 9.59 Å². The largest absolute Gasteiger partial charge is 0.480 e. The molecule has 178 valence electrons. The van der Waals surface area contributed by atoms with Crippen molar-refractivity contribution in [2.24, 2.45) is 0 Å². The van der Waals surface area contributed by atoms with Crippen LogP contribution in [0.1, 0.15) is 5.56 Å². The standard InChI is InChI=1S/C21H26N4O8/c1-13-10-16(32-20(30)24-8-6-22-11-17(26)27)14-4-2-3-5-15(14)19(13)33-21(31)25-9-7-23-12-18(28)29/h2-5,10,22-23H,6-9,11-12H2,1H3,(H,24,30)(H,25,31)(H,26,27)(H,28,29). The number of carbonyl (C=O) groups excluding carboxylic acids is 2. The number of nitrogens with one attached hydrogen (secondary N) is 4. The Kier molecular flexibility index (Phi) is 9.86. The van der Waals surface area contributed by atoms with Crippen molar-refractivity contribution >= 4 is 34.9 Å². The minimum absolute atomic E-state index is 0.172. The van der Waals surface area contributed by atoms with E-state index in [1.807, 2.05) is 0 Å². The number of hydrogen-bond donors (Lipinski definition) is 6. The lowest BCUT2D eigenvalue weighted by Crippen LogP contribution is -2.35. The van der Waals surface area contributed by atoms with Crippen molar-refractivity contribution in [2.45, 2.75) is 6.92 Å². The molecular weight excluding hydrogens is 436 g/mol. The number of aliphatic carboxylic acids is 2. The lowest BCUT2D eigenvalue weighted by Gasteiger charge is -2.15. The van der Waals surface area contributed by atoms with Gasteiger partial charge in [0.05, 0.1) is 13.1 Å². The second kappa shape index (κ2) is 12.8. The summed E-state index contributed by atoms with van der Waals surface area (Å²) in [6.45, 7) is 2.13. The summed E-state index contributed by atoms with van der Waals surface area (Å²) in [6, 6.07) is 8.50. The Labute approximate surface area is 189 Å². The Balaban J connectivity index is 2.00. The molecule has 2 aromatic carbocycles. The van der Waals surface area contributed by atoms with Crippen LogP contribution in [-0.4, -0.2) is 73.6 Å². The summed E-state index contributed by atoms with van der Waals surface area (Å²) in [5.41, 5.74) is 0.554. The number of hydrogen-bond acceptors (Lipinski definition) is 8. The fourth-order valence-corrected chi connectivity index (χ4v) is 2.83. The van der Waals surface area contributed by atoms with Crippen molar-refractivity contribution in [1.82, 2.24) is 21.3 Å². The quantitative estimate of drug-likeness (QED) is 0.246. The molecule has 0 saturated carbocycles. The molecule has 2 amide bonds. The van der Waals surface area contributed by atoms with Gasteiger partial charge in [0.1, 0.15) is 11.5 Å². The third-order valence-electron chi connectivity index (χ3n) is 4.24. The number of amides is 2. The fourth-order valence-electron chi connectivity index (χ4n) is 2.83. The van der Waals surface area contributed by atoms with Crippen LogP contribution in [0.4, 0.5) is 9.59 Å². The number of carboxylic acids is 2. The molecule has 0 spiro atoms. The van der Waals surface area contributed by atoms with E-state index in [0.717, 1.165) is 0 Å². The smallest absolute Gasteiger partial charge is 0.412 e. The molecule has 0 aromatic heterocycles. The van der Waals surface area contributed by atoms with Crippen LogP contribution >= 0.6 is 0 Å². The fraction of sp³-hybridized carbons (Fsp3) is 0.333. The normalized spacial score (nSPS) is 10.5. The van der Waals surface area contributed by atoms with Crippen molar-refractivity contribution < 1.29 is 38.9 Å². The van der Waals surface area contributed by atoms with Gasteiger partial charge >= 0.3 is 24.1 Å². The van der Waals surface area contributed by atoms with E-state index < -0.39 is 24.1 Å². The lowest BCUT2D eigenvalue weighted by atomic mass is 10.0. The highest BCUT2D eigenvalue weighted by molar-refractivity contribution is 5.97. The molecule has 0 aliphatic carbocycles. The zero-order chi connectivity index (χ0) is 24.2. The van der Waals surface area contributed by atoms with Gasteiger partial charge in [-0.15, -0.1) is 0 Å². The van der Waals surface area contributed by atoms with Gasteiger partial charge in [-0.25, -0.2) is 9.59 Å². The topological polar surface area (TPSA) is 175 Å². The van der Waals surface area contributed by atoms with Crippen LogP contribution in [0.25, 0.3) is 10.8 Å². The zero-order valence-electron chi connectivity index (χ0n) is 18.0. The summed E-state index contributed by atoms with van der Waals surface area (Å²) >= 11 is 0. The zero-order valence-corrected chi connectivity index (χ0v) is 18.0. The average molecular weight is 462 g/mol. The molecule has 0 saturated heterocycles. The molecule has 12 heteroatoms. The number of fused-ring (bicyclic) bond motifs is 1. The summed E-state index contributed by atoms with van der Waals surface area (Å²) in [7, 11) is 0. The summed E-state index contributed by atoms with van der Waals surface area (Å²) in [4.78, 5) is 45.2. The molecule has 0 heterocycles. The molecular formula is C21H26N4O8. The molecule has 33 heavy (non-hydrogen) atoms. The van der Waals surface area contributed by atoms with E-state index in [9.17, 15) is 19.2 Å². The second-order valence-corrected chi connectivity index (χ2v) is 6.84. The van der Waals surface area contributed by atoms with Gasteiger partial charge in [-0.2, -0.15) is 0 Å². The minimum Gasteiger partial charge on any atom is -0.480 e. The van der Waals surface area contributed by atoms with Gasteiger partial charge < -0.3 is 41.0 Å². The van der Waals surface area contributed by atoms with Crippen molar-refractivity contribution in [3.05, 3.63) is 35.9 Å². The molecule has 0 aliphatic heterocycles. The predicted octanol–water partition coefficient (Wildman–Crippen LogP) is 0.673. The monoisotopic (exact) mass is 462 g/mol. The van der Waals surface area contributed by atoms with Crippen LogP contribution in [0.5, 0.6) is 11.5 Å². The Morgan fingerprint density at radius 2 is 1.30 bits per heavy atom. The molecule has 0 aliphatic rings. The summed E-state index contributed by atoms with van der Waals surface area (Å²) in [5, 5.41) is 28.6. The number of aryl methyl sites for hydroxylation is 1. The van der Waals surface area contributed by atoms with E-state index in [-0.39, 0.29) is 45.0 Å². The van der Waals surface area contributed by atoms with E-state index in [1.54, 1.807) is 37.3 Å². The molecule has 2 rings (SSSR count). The first-order chi connectivity index (χ1) is 15.8. The number of carbonyl (C=O) groups is 4. The maximum atomic E-state index is 12.2. The first-order valence-electron chi connectivity index (χ1n) is 10.1. The molecule has 0 radical (unpaired) electrons. The first-order valence-corrected chi connectivity index (χ1v) is 10.1. The number of ether oxygens (including phenoxy) is 2. The van der Waals surface area contributed by atoms with Crippen molar-refractivity contribution in [3.63, 3.8) is 0 Å². The lowest BCUT2D eigenvalue weighted by molar-refractivity contribution is -0.136. The van der Waals surface area contributed by atoms with Crippen LogP contribution in [0.15, 0.2) is 30.3 Å². The Bertz CT molecular complexity index is 1010. The van der Waals surface area contributed by atoms with Gasteiger partial charge in [-0.05, 0) is 18.6 Å². The minimum atomic E-state index is -0.995. The summed E-state index contributed by atoms with van der Waals surface area (Å²) in [6.07, 6.45) is -1.42. The van der Waals surface area contributed by atoms with E-state index in [4.69, 9.17) is 19.7 Å². The molecule has 2 aromatic rings. The van der Waals surface area contributed by atoms with E-state index in [1.165, 1.54) is 0 Å². The van der Waals surface area contributed by atoms with Gasteiger partial charge in [0, 0.05) is 37.0 Å². The molecule has 6 N–H and O–H groups in total. The van der Waals surface area contributed by atoms with Crippen LogP contribution in [0.3, 0.4) is 0 Å². The third-order valence-corrected chi connectivity index (χ3v) is 4.24. The van der Waals surface area contributed by atoms with Crippen molar-refractivity contribution in [3.8, 4) is 11.5 Å². The highest BCUT2D eigenvalue weighted by Crippen LogP contribution is 2.36. The van der Waals surface area contributed by atoms with E-state index in [0.29, 0.717) is 22.1 Å². The SMILES string of the molecule is Cc1cc(OC(=O)NCCNCC(=O)O)c2ccccc2c1OC(=O)NCCNCC(=O)O. The number of carboxylic acid groups (broad SMARTS) is 2. The van der Waals surface area contributed by atoms with Crippen LogP contribution in [0.2, 0.25) is 0 Å². The van der Waals surface area contributed by atoms with Gasteiger partial charge in [0.2, 0.25) is 0 Å². The van der Waals surface area contributed by atoms with Crippen LogP contribution in [0, 0.1) is 6.92 Å². The number of benzene rings is 2. The highest BCUT2D eigenvalue weighted by atomic mass is 16.6. The molecule has 12 nitrogen and oxygen atoms in total. The van der Waals surface area contributed by atoms with Crippen molar-refractivity contribution in [1.29, 1.82) is 0 Å². The molecule has 0 fully saturated rings. The highest BCUT2D eigenvalue weighted by Gasteiger charge is 2.16. The van der Waals surface area contributed by atoms with Crippen LogP contribution < -0.4 is 30.7 Å².